The van der Waals surface area contributed by atoms with E-state index in [1.165, 1.54) is 19.2 Å². The van der Waals surface area contributed by atoms with E-state index < -0.39 is 29.7 Å². The lowest BCUT2D eigenvalue weighted by atomic mass is 10.1. The number of halogens is 3. The van der Waals surface area contributed by atoms with E-state index in [2.05, 4.69) is 10.6 Å². The number of fused-ring (bicyclic) bond motifs is 1. The minimum atomic E-state index is -4.49. The van der Waals surface area contributed by atoms with Gasteiger partial charge in [-0.05, 0) is 48.9 Å². The van der Waals surface area contributed by atoms with Crippen molar-refractivity contribution in [3.63, 3.8) is 0 Å². The smallest absolute Gasteiger partial charge is 0.416 e. The van der Waals surface area contributed by atoms with Crippen LogP contribution in [0.25, 0.3) is 10.9 Å². The van der Waals surface area contributed by atoms with Gasteiger partial charge in [-0.25, -0.2) is 4.79 Å². The second-order valence-corrected chi connectivity index (χ2v) is 8.31. The van der Waals surface area contributed by atoms with Crippen molar-refractivity contribution in [1.82, 2.24) is 9.88 Å². The number of methoxy groups -OCH3 is 1. The van der Waals surface area contributed by atoms with Gasteiger partial charge in [0.2, 0.25) is 0 Å². The predicted octanol–water partition coefficient (Wildman–Crippen LogP) is 6.22. The number of para-hydroxylation sites is 1. The number of hydrogen-bond acceptors (Lipinski definition) is 4. The van der Waals surface area contributed by atoms with Crippen molar-refractivity contribution in [2.45, 2.75) is 19.1 Å². The van der Waals surface area contributed by atoms with Crippen molar-refractivity contribution in [2.75, 3.05) is 12.4 Å². The molecule has 1 heterocycles. The number of rotatable bonds is 6. The van der Waals surface area contributed by atoms with E-state index >= 15 is 0 Å². The first-order valence-electron chi connectivity index (χ1n) is 11.1. The molecule has 0 spiro atoms. The number of benzene rings is 3. The summed E-state index contributed by atoms with van der Waals surface area (Å²) in [6.45, 7) is 1.80. The van der Waals surface area contributed by atoms with Crippen molar-refractivity contribution in [2.24, 2.45) is 7.05 Å². The first-order valence-corrected chi connectivity index (χ1v) is 11.1. The molecule has 2 N–H and O–H groups in total. The molecule has 0 aliphatic heterocycles. The molecule has 0 aliphatic carbocycles. The average Bonchev–Trinajstić information content (AvgIpc) is 3.14. The van der Waals surface area contributed by atoms with E-state index in [0.717, 1.165) is 23.2 Å². The number of alkyl halides is 3. The van der Waals surface area contributed by atoms with Crippen LogP contribution in [0.2, 0.25) is 0 Å². The zero-order chi connectivity index (χ0) is 26.0. The molecule has 0 fully saturated rings. The molecule has 0 radical (unpaired) electrons. The molecular weight excluding hydrogens is 471 g/mol. The summed E-state index contributed by atoms with van der Waals surface area (Å²) in [5.74, 6) is -0.869. The Balaban J connectivity index is 1.67. The van der Waals surface area contributed by atoms with Gasteiger partial charge in [-0.15, -0.1) is 0 Å². The molecule has 0 saturated carbocycles. The number of hydrogen-bond donors (Lipinski definition) is 2. The fraction of sp³-hybridized carbons (Fsp3) is 0.185. The Labute approximate surface area is 205 Å². The number of anilines is 2. The summed E-state index contributed by atoms with van der Waals surface area (Å²) in [4.78, 5) is 25.1. The van der Waals surface area contributed by atoms with Crippen LogP contribution < -0.4 is 10.6 Å². The SMILES string of the molecule is COC(=O)c1ccc(C(C)NC(=O)c2c(Nc3cccc(C(F)(F)F)c3)c3ccccc3n2C)cc1. The maximum Gasteiger partial charge on any atom is 0.416 e. The highest BCUT2D eigenvalue weighted by atomic mass is 19.4. The Bertz CT molecular complexity index is 1430. The van der Waals surface area contributed by atoms with E-state index in [9.17, 15) is 22.8 Å². The van der Waals surface area contributed by atoms with Crippen LogP contribution in [0.15, 0.2) is 72.8 Å². The van der Waals surface area contributed by atoms with Crippen LogP contribution in [0, 0.1) is 0 Å². The summed E-state index contributed by atoms with van der Waals surface area (Å²) in [7, 11) is 3.03. The highest BCUT2D eigenvalue weighted by Gasteiger charge is 2.31. The summed E-state index contributed by atoms with van der Waals surface area (Å²) < 4.78 is 46.1. The molecule has 1 atom stereocenters. The Morgan fingerprint density at radius 3 is 2.33 bits per heavy atom. The first kappa shape index (κ1) is 24.8. The highest BCUT2D eigenvalue weighted by molar-refractivity contribution is 6.09. The quantitative estimate of drug-likeness (QED) is 0.312. The lowest BCUT2D eigenvalue weighted by molar-refractivity contribution is -0.137. The van der Waals surface area contributed by atoms with Gasteiger partial charge in [0.1, 0.15) is 5.69 Å². The number of nitrogens with one attached hydrogen (secondary N) is 2. The van der Waals surface area contributed by atoms with Crippen LogP contribution in [0.4, 0.5) is 24.5 Å². The molecule has 1 unspecified atom stereocenters. The van der Waals surface area contributed by atoms with E-state index in [1.807, 2.05) is 12.1 Å². The maximum atomic E-state index is 13.5. The third-order valence-corrected chi connectivity index (χ3v) is 5.96. The van der Waals surface area contributed by atoms with Crippen molar-refractivity contribution < 1.29 is 27.5 Å². The van der Waals surface area contributed by atoms with Crippen molar-refractivity contribution in [1.29, 1.82) is 0 Å². The molecule has 0 bridgehead atoms. The van der Waals surface area contributed by atoms with Crippen LogP contribution in [0.1, 0.15) is 44.9 Å². The van der Waals surface area contributed by atoms with E-state index in [-0.39, 0.29) is 11.4 Å². The third kappa shape index (κ3) is 4.91. The van der Waals surface area contributed by atoms with Gasteiger partial charge in [0.05, 0.1) is 35.5 Å². The van der Waals surface area contributed by atoms with Gasteiger partial charge in [0.15, 0.2) is 0 Å². The van der Waals surface area contributed by atoms with Gasteiger partial charge in [-0.3, -0.25) is 4.79 Å². The van der Waals surface area contributed by atoms with Gasteiger partial charge in [-0.1, -0.05) is 36.4 Å². The molecule has 1 aromatic heterocycles. The van der Waals surface area contributed by atoms with Gasteiger partial charge in [0, 0.05) is 18.1 Å². The summed E-state index contributed by atoms with van der Waals surface area (Å²) in [5.41, 5.74) is 1.99. The Kier molecular flexibility index (Phi) is 6.74. The summed E-state index contributed by atoms with van der Waals surface area (Å²) >= 11 is 0. The molecule has 6 nitrogen and oxygen atoms in total. The van der Waals surface area contributed by atoms with Crippen LogP contribution in [0.3, 0.4) is 0 Å². The number of aromatic nitrogens is 1. The number of aryl methyl sites for hydroxylation is 1. The molecule has 186 valence electrons. The largest absolute Gasteiger partial charge is 0.465 e. The van der Waals surface area contributed by atoms with E-state index in [1.54, 1.807) is 54.9 Å². The third-order valence-electron chi connectivity index (χ3n) is 5.96. The molecule has 0 aliphatic rings. The van der Waals surface area contributed by atoms with Crippen molar-refractivity contribution in [3.8, 4) is 0 Å². The number of nitrogens with zero attached hydrogens (tertiary/aromatic N) is 1. The number of carbonyl (C=O) groups is 2. The van der Waals surface area contributed by atoms with Crippen molar-refractivity contribution >= 4 is 34.2 Å². The lowest BCUT2D eigenvalue weighted by Gasteiger charge is -2.17. The number of esters is 1. The van der Waals surface area contributed by atoms with Crippen LogP contribution in [0.5, 0.6) is 0 Å². The number of ether oxygens (including phenoxy) is 1. The zero-order valence-electron chi connectivity index (χ0n) is 19.8. The topological polar surface area (TPSA) is 72.4 Å². The molecule has 9 heteroatoms. The summed E-state index contributed by atoms with van der Waals surface area (Å²) in [5, 5.41) is 6.67. The maximum absolute atomic E-state index is 13.5. The monoisotopic (exact) mass is 495 g/mol. The van der Waals surface area contributed by atoms with Crippen LogP contribution >= 0.6 is 0 Å². The molecule has 1 amide bonds. The van der Waals surface area contributed by atoms with Crippen LogP contribution in [-0.2, 0) is 18.0 Å². The zero-order valence-corrected chi connectivity index (χ0v) is 19.8. The Morgan fingerprint density at radius 2 is 1.67 bits per heavy atom. The van der Waals surface area contributed by atoms with Gasteiger partial charge in [0.25, 0.3) is 5.91 Å². The van der Waals surface area contributed by atoms with Gasteiger partial charge in [-0.2, -0.15) is 13.2 Å². The summed E-state index contributed by atoms with van der Waals surface area (Å²) in [6.07, 6.45) is -4.49. The fourth-order valence-corrected chi connectivity index (χ4v) is 4.08. The Hall–Kier alpha value is -4.27. The lowest BCUT2D eigenvalue weighted by Crippen LogP contribution is -2.29. The standard InChI is InChI=1S/C27H24F3N3O3/c1-16(17-11-13-18(14-12-17)26(35)36-3)31-25(34)24-23(21-9-4-5-10-22(21)33(24)2)32-20-8-6-7-19(15-20)27(28,29)30/h4-16,32H,1-3H3,(H,31,34). The van der Waals surface area contributed by atoms with Crippen molar-refractivity contribution in [3.05, 3.63) is 95.2 Å². The fourth-order valence-electron chi connectivity index (χ4n) is 4.08. The molecule has 4 rings (SSSR count). The molecular formula is C27H24F3N3O3. The van der Waals surface area contributed by atoms with Crippen LogP contribution in [-0.4, -0.2) is 23.6 Å². The molecule has 4 aromatic rings. The minimum Gasteiger partial charge on any atom is -0.465 e. The first-order chi connectivity index (χ1) is 17.1. The van der Waals surface area contributed by atoms with Gasteiger partial charge < -0.3 is 19.9 Å². The minimum absolute atomic E-state index is 0.210. The average molecular weight is 496 g/mol. The Morgan fingerprint density at radius 1 is 0.972 bits per heavy atom. The highest BCUT2D eigenvalue weighted by Crippen LogP contribution is 2.35. The van der Waals surface area contributed by atoms with Gasteiger partial charge >= 0.3 is 12.1 Å². The number of carbonyl (C=O) groups excluding carboxylic acids is 2. The summed E-state index contributed by atoms with van der Waals surface area (Å²) in [6, 6.07) is 18.4. The second kappa shape index (κ2) is 9.77. The molecule has 0 saturated heterocycles. The van der Waals surface area contributed by atoms with E-state index in [4.69, 9.17) is 4.74 Å². The number of amides is 1. The second-order valence-electron chi connectivity index (χ2n) is 8.31. The molecule has 3 aromatic carbocycles. The normalized spacial score (nSPS) is 12.3. The van der Waals surface area contributed by atoms with E-state index in [0.29, 0.717) is 16.6 Å². The molecule has 36 heavy (non-hydrogen) atoms. The predicted molar refractivity (Wildman–Crippen MR) is 131 cm³/mol.